The molecule has 5 heteroatoms. The molecule has 0 fully saturated rings. The van der Waals surface area contributed by atoms with E-state index in [1.54, 1.807) is 39.5 Å². The Hall–Kier alpha value is -1.65. The Morgan fingerprint density at radius 1 is 1.43 bits per heavy atom. The number of nitrogens with one attached hydrogen (secondary N) is 1. The molecule has 1 aromatic heterocycles. The van der Waals surface area contributed by atoms with Crippen LogP contribution in [0.25, 0.3) is 0 Å². The topological polar surface area (TPSA) is 58.1 Å². The second-order valence-electron chi connectivity index (χ2n) is 3.17. The quantitative estimate of drug-likeness (QED) is 0.755. The molecule has 1 atom stereocenters. The van der Waals surface area contributed by atoms with Crippen molar-refractivity contribution in [2.75, 3.05) is 19.4 Å². The molecule has 0 aliphatic carbocycles. The van der Waals surface area contributed by atoms with E-state index >= 15 is 0 Å². The molecular weight excluding hydrogens is 180 g/mol. The predicted octanol–water partition coefficient (Wildman–Crippen LogP) is 0.365. The molecule has 1 heterocycles. The minimum atomic E-state index is -0.313. The summed E-state index contributed by atoms with van der Waals surface area (Å²) in [4.78, 5) is 20.9. The van der Waals surface area contributed by atoms with Gasteiger partial charge in [-0.05, 0) is 13.0 Å². The van der Waals surface area contributed by atoms with Crippen LogP contribution in [0, 0.1) is 0 Å². The van der Waals surface area contributed by atoms with Crippen molar-refractivity contribution >= 4 is 11.9 Å². The number of carbonyl (C=O) groups excluding carboxylic acids is 1. The standard InChI is InChI=1S/C9H14N4O/c1-7(8(14)13(2)3)12-9-10-5-4-6-11-9/h4-7H,1-3H3,(H,10,11,12). The molecule has 1 amide bonds. The van der Waals surface area contributed by atoms with Gasteiger partial charge in [0, 0.05) is 26.5 Å². The Morgan fingerprint density at radius 2 is 2.00 bits per heavy atom. The molecule has 0 saturated carbocycles. The Kier molecular flexibility index (Phi) is 3.39. The third-order valence-electron chi connectivity index (χ3n) is 1.72. The van der Waals surface area contributed by atoms with Gasteiger partial charge in [0.05, 0.1) is 0 Å². The molecule has 0 bridgehead atoms. The first-order valence-corrected chi connectivity index (χ1v) is 4.36. The van der Waals surface area contributed by atoms with Gasteiger partial charge in [-0.2, -0.15) is 0 Å². The number of aromatic nitrogens is 2. The van der Waals surface area contributed by atoms with Crippen molar-refractivity contribution in [2.24, 2.45) is 0 Å². The highest BCUT2D eigenvalue weighted by Crippen LogP contribution is 1.99. The Labute approximate surface area is 83.2 Å². The molecule has 1 N–H and O–H groups in total. The van der Waals surface area contributed by atoms with E-state index in [4.69, 9.17) is 0 Å². The number of hydrogen-bond donors (Lipinski definition) is 1. The molecule has 0 aliphatic heterocycles. The summed E-state index contributed by atoms with van der Waals surface area (Å²) >= 11 is 0. The van der Waals surface area contributed by atoms with E-state index in [1.165, 1.54) is 4.90 Å². The van der Waals surface area contributed by atoms with E-state index in [0.29, 0.717) is 5.95 Å². The van der Waals surface area contributed by atoms with Gasteiger partial charge < -0.3 is 10.2 Å². The summed E-state index contributed by atoms with van der Waals surface area (Å²) in [6, 6.07) is 1.41. The average molecular weight is 194 g/mol. The molecule has 0 aromatic carbocycles. The Balaban J connectivity index is 2.57. The molecule has 0 aliphatic rings. The van der Waals surface area contributed by atoms with Crippen molar-refractivity contribution in [3.63, 3.8) is 0 Å². The largest absolute Gasteiger partial charge is 0.347 e. The molecule has 14 heavy (non-hydrogen) atoms. The lowest BCUT2D eigenvalue weighted by atomic mass is 10.3. The van der Waals surface area contributed by atoms with Crippen LogP contribution in [0.2, 0.25) is 0 Å². The monoisotopic (exact) mass is 194 g/mol. The minimum Gasteiger partial charge on any atom is -0.347 e. The van der Waals surface area contributed by atoms with E-state index in [1.807, 2.05) is 0 Å². The predicted molar refractivity (Wildman–Crippen MR) is 53.8 cm³/mol. The molecule has 76 valence electrons. The van der Waals surface area contributed by atoms with Gasteiger partial charge in [0.1, 0.15) is 6.04 Å². The lowest BCUT2D eigenvalue weighted by molar-refractivity contribution is -0.129. The van der Waals surface area contributed by atoms with Crippen molar-refractivity contribution in [2.45, 2.75) is 13.0 Å². The lowest BCUT2D eigenvalue weighted by Crippen LogP contribution is -2.37. The second-order valence-corrected chi connectivity index (χ2v) is 3.17. The number of carbonyl (C=O) groups is 1. The van der Waals surface area contributed by atoms with Gasteiger partial charge in [0.25, 0.3) is 0 Å². The summed E-state index contributed by atoms with van der Waals surface area (Å²) in [5, 5.41) is 2.91. The number of rotatable bonds is 3. The second kappa shape index (κ2) is 4.55. The fraction of sp³-hybridized carbons (Fsp3) is 0.444. The van der Waals surface area contributed by atoms with Crippen LogP contribution in [-0.4, -0.2) is 40.9 Å². The normalized spacial score (nSPS) is 11.9. The fourth-order valence-corrected chi connectivity index (χ4v) is 1.02. The first kappa shape index (κ1) is 10.4. The summed E-state index contributed by atoms with van der Waals surface area (Å²) in [6.45, 7) is 1.78. The van der Waals surface area contributed by atoms with Crippen LogP contribution in [0.3, 0.4) is 0 Å². The average Bonchev–Trinajstić information content (AvgIpc) is 2.18. The van der Waals surface area contributed by atoms with Crippen molar-refractivity contribution in [3.8, 4) is 0 Å². The summed E-state index contributed by atoms with van der Waals surface area (Å²) in [5.41, 5.74) is 0. The van der Waals surface area contributed by atoms with Gasteiger partial charge in [-0.25, -0.2) is 9.97 Å². The summed E-state index contributed by atoms with van der Waals surface area (Å²) in [5.74, 6) is 0.465. The zero-order chi connectivity index (χ0) is 10.6. The fourth-order valence-electron chi connectivity index (χ4n) is 1.02. The maximum Gasteiger partial charge on any atom is 0.244 e. The third-order valence-corrected chi connectivity index (χ3v) is 1.72. The highest BCUT2D eigenvalue weighted by atomic mass is 16.2. The smallest absolute Gasteiger partial charge is 0.244 e. The van der Waals surface area contributed by atoms with E-state index in [2.05, 4.69) is 15.3 Å². The van der Waals surface area contributed by atoms with E-state index in [-0.39, 0.29) is 11.9 Å². The maximum atomic E-state index is 11.5. The molecule has 1 unspecified atom stereocenters. The zero-order valence-electron chi connectivity index (χ0n) is 8.56. The van der Waals surface area contributed by atoms with Crippen molar-refractivity contribution in [1.82, 2.24) is 14.9 Å². The number of anilines is 1. The van der Waals surface area contributed by atoms with Crippen LogP contribution in [0.1, 0.15) is 6.92 Å². The summed E-state index contributed by atoms with van der Waals surface area (Å²) in [7, 11) is 3.43. The Bertz CT molecular complexity index is 299. The van der Waals surface area contributed by atoms with Gasteiger partial charge in [0.2, 0.25) is 11.9 Å². The highest BCUT2D eigenvalue weighted by molar-refractivity contribution is 5.83. The minimum absolute atomic E-state index is 0.00236. The van der Waals surface area contributed by atoms with Crippen LogP contribution in [0.4, 0.5) is 5.95 Å². The molecular formula is C9H14N4O. The van der Waals surface area contributed by atoms with Gasteiger partial charge >= 0.3 is 0 Å². The summed E-state index contributed by atoms with van der Waals surface area (Å²) < 4.78 is 0. The first-order valence-electron chi connectivity index (χ1n) is 4.36. The van der Waals surface area contributed by atoms with Crippen LogP contribution >= 0.6 is 0 Å². The van der Waals surface area contributed by atoms with Gasteiger partial charge in [-0.1, -0.05) is 0 Å². The number of nitrogens with zero attached hydrogens (tertiary/aromatic N) is 3. The van der Waals surface area contributed by atoms with Gasteiger partial charge in [-0.15, -0.1) is 0 Å². The molecule has 5 nitrogen and oxygen atoms in total. The van der Waals surface area contributed by atoms with Gasteiger partial charge in [0.15, 0.2) is 0 Å². The van der Waals surface area contributed by atoms with Crippen LogP contribution in [-0.2, 0) is 4.79 Å². The van der Waals surface area contributed by atoms with Crippen molar-refractivity contribution in [3.05, 3.63) is 18.5 Å². The molecule has 1 aromatic rings. The Morgan fingerprint density at radius 3 is 2.50 bits per heavy atom. The zero-order valence-corrected chi connectivity index (χ0v) is 8.56. The van der Waals surface area contributed by atoms with Crippen LogP contribution in [0.5, 0.6) is 0 Å². The van der Waals surface area contributed by atoms with Crippen molar-refractivity contribution < 1.29 is 4.79 Å². The van der Waals surface area contributed by atoms with Crippen LogP contribution in [0.15, 0.2) is 18.5 Å². The first-order chi connectivity index (χ1) is 6.61. The van der Waals surface area contributed by atoms with E-state index < -0.39 is 0 Å². The summed E-state index contributed by atoms with van der Waals surface area (Å²) in [6.07, 6.45) is 3.25. The number of likely N-dealkylation sites (N-methyl/N-ethyl adjacent to an activating group) is 1. The van der Waals surface area contributed by atoms with Crippen molar-refractivity contribution in [1.29, 1.82) is 0 Å². The van der Waals surface area contributed by atoms with E-state index in [9.17, 15) is 4.79 Å². The number of amides is 1. The maximum absolute atomic E-state index is 11.5. The highest BCUT2D eigenvalue weighted by Gasteiger charge is 2.14. The molecule has 0 spiro atoms. The molecule has 0 saturated heterocycles. The van der Waals surface area contributed by atoms with Crippen LogP contribution < -0.4 is 5.32 Å². The number of hydrogen-bond acceptors (Lipinski definition) is 4. The SMILES string of the molecule is CC(Nc1ncccn1)C(=O)N(C)C. The van der Waals surface area contributed by atoms with E-state index in [0.717, 1.165) is 0 Å². The third kappa shape index (κ3) is 2.69. The molecule has 1 rings (SSSR count). The van der Waals surface area contributed by atoms with Gasteiger partial charge in [-0.3, -0.25) is 4.79 Å². The molecule has 0 radical (unpaired) electrons. The lowest BCUT2D eigenvalue weighted by Gasteiger charge is -2.17.